The monoisotopic (exact) mass is 480 g/mol. The zero-order chi connectivity index (χ0) is 23.0. The second-order valence-corrected chi connectivity index (χ2v) is 10.9. The lowest BCUT2D eigenvalue weighted by atomic mass is 9.76. The molecule has 1 saturated carbocycles. The Morgan fingerprint density at radius 2 is 1.82 bits per heavy atom. The van der Waals surface area contributed by atoms with Crippen molar-refractivity contribution in [3.05, 3.63) is 77.9 Å². The maximum Gasteiger partial charge on any atom is 0.301 e. The van der Waals surface area contributed by atoms with E-state index >= 15 is 0 Å². The number of fused-ring (bicyclic) bond motifs is 1. The third-order valence-electron chi connectivity index (χ3n) is 6.10. The molecular formula is C24H21FN4O2S2. The number of thioether (sulfide) groups is 1. The summed E-state index contributed by atoms with van der Waals surface area (Å²) in [5.74, 6) is 0.586. The summed E-state index contributed by atoms with van der Waals surface area (Å²) in [6.07, 6.45) is 4.69. The van der Waals surface area contributed by atoms with Crippen LogP contribution in [0, 0.1) is 17.1 Å². The average Bonchev–Trinajstić information content (AvgIpc) is 2.81. The number of aromatic nitrogens is 1. The number of anilines is 1. The van der Waals surface area contributed by atoms with E-state index in [1.807, 2.05) is 12.1 Å². The Hall–Kier alpha value is -2.93. The molecule has 33 heavy (non-hydrogen) atoms. The summed E-state index contributed by atoms with van der Waals surface area (Å²) in [5.41, 5.74) is 3.90. The summed E-state index contributed by atoms with van der Waals surface area (Å²) in [6.45, 7) is 0.361. The molecule has 0 unspecified atom stereocenters. The summed E-state index contributed by atoms with van der Waals surface area (Å²) in [7, 11) is -3.75. The fourth-order valence-corrected chi connectivity index (χ4v) is 7.05. The molecule has 9 heteroatoms. The van der Waals surface area contributed by atoms with Gasteiger partial charge in [0.1, 0.15) is 5.82 Å². The number of rotatable bonds is 5. The van der Waals surface area contributed by atoms with Gasteiger partial charge in [-0.15, -0.1) is 11.8 Å². The Kier molecular flexibility index (Phi) is 5.83. The SMILES string of the molecule is N#Cc1ccc(-c2cncc3c2SCCN3S(=O)(=O)NC2CC(c3ccc(F)cc3)C2)cc1. The number of hydrogen-bond acceptors (Lipinski definition) is 5. The lowest BCUT2D eigenvalue weighted by Gasteiger charge is -2.38. The van der Waals surface area contributed by atoms with Gasteiger partial charge < -0.3 is 0 Å². The Bertz CT molecular complexity index is 1320. The first-order chi connectivity index (χ1) is 15.9. The van der Waals surface area contributed by atoms with Crippen molar-refractivity contribution in [3.63, 3.8) is 0 Å². The largest absolute Gasteiger partial charge is 0.301 e. The molecule has 1 aromatic heterocycles. The molecule has 0 saturated heterocycles. The van der Waals surface area contributed by atoms with E-state index in [1.165, 1.54) is 16.4 Å². The second kappa shape index (κ2) is 8.78. The normalized spacial score (nSPS) is 19.9. The minimum absolute atomic E-state index is 0.155. The van der Waals surface area contributed by atoms with Gasteiger partial charge in [-0.25, -0.2) is 4.39 Å². The molecule has 1 aliphatic carbocycles. The quantitative estimate of drug-likeness (QED) is 0.583. The molecule has 1 aliphatic heterocycles. The van der Waals surface area contributed by atoms with Gasteiger partial charge in [0, 0.05) is 35.0 Å². The summed E-state index contributed by atoms with van der Waals surface area (Å²) in [4.78, 5) is 5.17. The third-order valence-corrected chi connectivity index (χ3v) is 8.79. The molecule has 5 rings (SSSR count). The van der Waals surface area contributed by atoms with Crippen LogP contribution in [0.1, 0.15) is 29.9 Å². The van der Waals surface area contributed by atoms with E-state index in [4.69, 9.17) is 5.26 Å². The molecule has 168 valence electrons. The summed E-state index contributed by atoms with van der Waals surface area (Å²) in [6, 6.07) is 15.5. The molecule has 1 N–H and O–H groups in total. The van der Waals surface area contributed by atoms with E-state index in [0.29, 0.717) is 36.4 Å². The highest BCUT2D eigenvalue weighted by molar-refractivity contribution is 8.00. The first-order valence-electron chi connectivity index (χ1n) is 10.6. The van der Waals surface area contributed by atoms with Gasteiger partial charge in [0.05, 0.1) is 23.5 Å². The van der Waals surface area contributed by atoms with Crippen LogP contribution in [0.15, 0.2) is 65.8 Å². The van der Waals surface area contributed by atoms with Crippen LogP contribution in [0.25, 0.3) is 11.1 Å². The van der Waals surface area contributed by atoms with Crippen LogP contribution in [-0.4, -0.2) is 31.7 Å². The van der Waals surface area contributed by atoms with Gasteiger partial charge in [0.2, 0.25) is 0 Å². The average molecular weight is 481 g/mol. The lowest BCUT2D eigenvalue weighted by molar-refractivity contribution is 0.325. The standard InChI is InChI=1S/C24H21FN4O2S2/c25-20-7-5-17(6-8-20)19-11-21(12-19)28-33(30,31)29-9-10-32-24-22(14-27-15-23(24)29)18-3-1-16(13-26)2-4-18/h1-8,14-15,19,21,28H,9-12H2. The zero-order valence-electron chi connectivity index (χ0n) is 17.6. The first-order valence-corrected chi connectivity index (χ1v) is 13.0. The van der Waals surface area contributed by atoms with Gasteiger partial charge in [-0.1, -0.05) is 24.3 Å². The number of hydrogen-bond donors (Lipinski definition) is 1. The van der Waals surface area contributed by atoms with E-state index in [9.17, 15) is 12.8 Å². The van der Waals surface area contributed by atoms with Crippen molar-refractivity contribution in [3.8, 4) is 17.2 Å². The van der Waals surface area contributed by atoms with Crippen molar-refractivity contribution in [2.45, 2.75) is 29.7 Å². The third kappa shape index (κ3) is 4.34. The highest BCUT2D eigenvalue weighted by Gasteiger charge is 2.37. The van der Waals surface area contributed by atoms with Crippen LogP contribution in [0.3, 0.4) is 0 Å². The predicted molar refractivity (Wildman–Crippen MR) is 127 cm³/mol. The second-order valence-electron chi connectivity index (χ2n) is 8.18. The molecule has 0 amide bonds. The number of nitrogens with zero attached hydrogens (tertiary/aromatic N) is 3. The molecule has 2 aromatic carbocycles. The van der Waals surface area contributed by atoms with Gasteiger partial charge in [-0.2, -0.15) is 18.4 Å². The maximum atomic E-state index is 13.3. The molecule has 2 heterocycles. The smallest absolute Gasteiger partial charge is 0.262 e. The number of nitrogens with one attached hydrogen (secondary N) is 1. The molecule has 0 spiro atoms. The van der Waals surface area contributed by atoms with Gasteiger partial charge in [0.25, 0.3) is 0 Å². The van der Waals surface area contributed by atoms with Gasteiger partial charge in [-0.3, -0.25) is 9.29 Å². The minimum Gasteiger partial charge on any atom is -0.262 e. The molecule has 0 bridgehead atoms. The Morgan fingerprint density at radius 3 is 2.52 bits per heavy atom. The lowest BCUT2D eigenvalue weighted by Crippen LogP contribution is -2.51. The summed E-state index contributed by atoms with van der Waals surface area (Å²) < 4.78 is 43.9. The molecule has 0 radical (unpaired) electrons. The van der Waals surface area contributed by atoms with Crippen LogP contribution >= 0.6 is 11.8 Å². The Labute approximate surface area is 196 Å². The molecule has 3 aromatic rings. The van der Waals surface area contributed by atoms with E-state index < -0.39 is 10.2 Å². The number of benzene rings is 2. The summed E-state index contributed by atoms with van der Waals surface area (Å²) >= 11 is 1.61. The highest BCUT2D eigenvalue weighted by atomic mass is 32.2. The Balaban J connectivity index is 1.34. The molecule has 0 atom stereocenters. The van der Waals surface area contributed by atoms with E-state index in [1.54, 1.807) is 48.4 Å². The van der Waals surface area contributed by atoms with E-state index in [0.717, 1.165) is 21.6 Å². The van der Waals surface area contributed by atoms with Crippen molar-refractivity contribution >= 4 is 27.7 Å². The Morgan fingerprint density at radius 1 is 1.09 bits per heavy atom. The number of nitriles is 1. The van der Waals surface area contributed by atoms with Gasteiger partial charge in [0.15, 0.2) is 0 Å². The van der Waals surface area contributed by atoms with Crippen LogP contribution in [0.5, 0.6) is 0 Å². The maximum absolute atomic E-state index is 13.3. The fraction of sp³-hybridized carbons (Fsp3) is 0.250. The molecule has 1 fully saturated rings. The van der Waals surface area contributed by atoms with Crippen molar-refractivity contribution in [1.82, 2.24) is 9.71 Å². The van der Waals surface area contributed by atoms with E-state index in [-0.39, 0.29) is 17.8 Å². The zero-order valence-corrected chi connectivity index (χ0v) is 19.2. The van der Waals surface area contributed by atoms with Crippen LogP contribution in [-0.2, 0) is 10.2 Å². The number of pyridine rings is 1. The molecule has 2 aliphatic rings. The van der Waals surface area contributed by atoms with Crippen LogP contribution < -0.4 is 9.03 Å². The topological polar surface area (TPSA) is 86.1 Å². The van der Waals surface area contributed by atoms with Gasteiger partial charge in [-0.05, 0) is 54.2 Å². The highest BCUT2D eigenvalue weighted by Crippen LogP contribution is 2.43. The minimum atomic E-state index is -3.75. The molecule has 6 nitrogen and oxygen atoms in total. The van der Waals surface area contributed by atoms with Gasteiger partial charge >= 0.3 is 10.2 Å². The summed E-state index contributed by atoms with van der Waals surface area (Å²) in [5, 5.41) is 9.04. The van der Waals surface area contributed by atoms with E-state index in [2.05, 4.69) is 15.8 Å². The van der Waals surface area contributed by atoms with Crippen molar-refractivity contribution < 1.29 is 12.8 Å². The van der Waals surface area contributed by atoms with Crippen LogP contribution in [0.4, 0.5) is 10.1 Å². The number of halogens is 1. The predicted octanol–water partition coefficient (Wildman–Crippen LogP) is 4.45. The van der Waals surface area contributed by atoms with Crippen molar-refractivity contribution in [2.24, 2.45) is 0 Å². The fourth-order valence-electron chi connectivity index (χ4n) is 4.29. The van der Waals surface area contributed by atoms with Crippen molar-refractivity contribution in [1.29, 1.82) is 5.26 Å². The van der Waals surface area contributed by atoms with Crippen molar-refractivity contribution in [2.75, 3.05) is 16.6 Å². The first kappa shape index (κ1) is 21.9. The van der Waals surface area contributed by atoms with Crippen LogP contribution in [0.2, 0.25) is 0 Å². The molecular weight excluding hydrogens is 459 g/mol.